The van der Waals surface area contributed by atoms with E-state index in [0.29, 0.717) is 10.7 Å². The van der Waals surface area contributed by atoms with E-state index in [4.69, 9.17) is 27.9 Å². The van der Waals surface area contributed by atoms with E-state index >= 15 is 0 Å². The molecule has 0 bridgehead atoms. The molecule has 2 rings (SSSR count). The molecule has 0 fully saturated rings. The van der Waals surface area contributed by atoms with Crippen molar-refractivity contribution in [2.75, 3.05) is 7.11 Å². The summed E-state index contributed by atoms with van der Waals surface area (Å²) >= 11 is 11.9. The first-order chi connectivity index (χ1) is 10.4. The van der Waals surface area contributed by atoms with Gasteiger partial charge >= 0.3 is 11.9 Å². The minimum atomic E-state index is -1.29. The molecule has 1 unspecified atom stereocenters. The molecule has 0 aliphatic heterocycles. The lowest BCUT2D eigenvalue weighted by molar-refractivity contribution is -0.151. The van der Waals surface area contributed by atoms with Crippen LogP contribution < -0.4 is 0 Å². The van der Waals surface area contributed by atoms with Crippen molar-refractivity contribution in [3.63, 3.8) is 0 Å². The van der Waals surface area contributed by atoms with E-state index in [0.717, 1.165) is 0 Å². The number of aryl methyl sites for hydroxylation is 1. The molecule has 1 N–H and O–H groups in total. The molecule has 116 valence electrons. The number of hydrogen-bond donors (Lipinski definition) is 1. The Kier molecular flexibility index (Phi) is 5.05. The lowest BCUT2D eigenvalue weighted by Crippen LogP contribution is -2.21. The van der Waals surface area contributed by atoms with E-state index in [-0.39, 0.29) is 16.1 Å². The van der Waals surface area contributed by atoms with Crippen LogP contribution in [0, 0.1) is 6.92 Å². The first kappa shape index (κ1) is 16.3. The van der Waals surface area contributed by atoms with Gasteiger partial charge in [0.05, 0.1) is 13.3 Å². The standard InChI is InChI=1S/C14H12Cl2N2O4/c1-7-10(6-17-18-7)13(19)22-12(14(20)21-2)9-4-3-8(15)5-11(9)16/h3-6,12H,1-2H3,(H,17,18). The normalized spacial score (nSPS) is 11.8. The van der Waals surface area contributed by atoms with Crippen LogP contribution >= 0.6 is 23.2 Å². The molecule has 0 saturated heterocycles. The highest BCUT2D eigenvalue weighted by molar-refractivity contribution is 6.35. The third-order valence-corrected chi connectivity index (χ3v) is 3.50. The van der Waals surface area contributed by atoms with Crippen molar-refractivity contribution >= 4 is 35.1 Å². The Balaban J connectivity index is 2.33. The molecule has 6 nitrogen and oxygen atoms in total. The molecule has 0 aliphatic rings. The number of carbonyl (C=O) groups excluding carboxylic acids is 2. The summed E-state index contributed by atoms with van der Waals surface area (Å²) in [7, 11) is 1.19. The second kappa shape index (κ2) is 6.81. The van der Waals surface area contributed by atoms with Gasteiger partial charge in [0.1, 0.15) is 5.56 Å². The molecule has 0 spiro atoms. The average molecular weight is 343 g/mol. The summed E-state index contributed by atoms with van der Waals surface area (Å²) in [4.78, 5) is 24.1. The van der Waals surface area contributed by atoms with Crippen molar-refractivity contribution < 1.29 is 19.1 Å². The van der Waals surface area contributed by atoms with Crippen LogP contribution in [-0.4, -0.2) is 29.2 Å². The van der Waals surface area contributed by atoms with Crippen LogP contribution in [0.2, 0.25) is 10.0 Å². The van der Waals surface area contributed by atoms with Gasteiger partial charge in [-0.2, -0.15) is 5.10 Å². The fraction of sp³-hybridized carbons (Fsp3) is 0.214. The summed E-state index contributed by atoms with van der Waals surface area (Å²) in [6.45, 7) is 1.66. The maximum Gasteiger partial charge on any atom is 0.352 e. The largest absolute Gasteiger partial charge is 0.466 e. The molecule has 8 heteroatoms. The first-order valence-corrected chi connectivity index (χ1v) is 6.93. The van der Waals surface area contributed by atoms with Gasteiger partial charge in [-0.05, 0) is 19.1 Å². The summed E-state index contributed by atoms with van der Waals surface area (Å²) < 4.78 is 9.90. The molecule has 0 amide bonds. The van der Waals surface area contributed by atoms with Crippen molar-refractivity contribution in [1.82, 2.24) is 10.2 Å². The Morgan fingerprint density at radius 1 is 1.32 bits per heavy atom. The molecular weight excluding hydrogens is 331 g/mol. The number of aromatic nitrogens is 2. The van der Waals surface area contributed by atoms with Crippen molar-refractivity contribution in [2.45, 2.75) is 13.0 Å². The Morgan fingerprint density at radius 3 is 2.59 bits per heavy atom. The van der Waals surface area contributed by atoms with Gasteiger partial charge in [0.25, 0.3) is 0 Å². The molecule has 1 heterocycles. The number of benzene rings is 1. The van der Waals surface area contributed by atoms with Gasteiger partial charge in [-0.15, -0.1) is 0 Å². The highest BCUT2D eigenvalue weighted by atomic mass is 35.5. The second-order valence-electron chi connectivity index (χ2n) is 4.38. The van der Waals surface area contributed by atoms with Crippen molar-refractivity contribution in [3.05, 3.63) is 51.3 Å². The number of methoxy groups -OCH3 is 1. The van der Waals surface area contributed by atoms with Crippen LogP contribution in [0.5, 0.6) is 0 Å². The Bertz CT molecular complexity index is 715. The van der Waals surface area contributed by atoms with Gasteiger partial charge in [-0.25, -0.2) is 9.59 Å². The minimum absolute atomic E-state index is 0.194. The maximum absolute atomic E-state index is 12.1. The van der Waals surface area contributed by atoms with Gasteiger partial charge in [0.2, 0.25) is 6.10 Å². The molecule has 0 aliphatic carbocycles. The zero-order chi connectivity index (χ0) is 16.3. The number of hydrogen-bond acceptors (Lipinski definition) is 5. The molecular formula is C14H12Cl2N2O4. The van der Waals surface area contributed by atoms with Crippen LogP contribution in [0.1, 0.15) is 27.7 Å². The van der Waals surface area contributed by atoms with Crippen LogP contribution in [0.3, 0.4) is 0 Å². The molecule has 1 aromatic heterocycles. The number of halogens is 2. The fourth-order valence-electron chi connectivity index (χ4n) is 1.79. The van der Waals surface area contributed by atoms with E-state index in [1.165, 1.54) is 31.5 Å². The Hall–Kier alpha value is -2.05. The lowest BCUT2D eigenvalue weighted by Gasteiger charge is -2.17. The number of esters is 2. The summed E-state index contributed by atoms with van der Waals surface area (Å²) in [5, 5.41) is 6.94. The quantitative estimate of drug-likeness (QED) is 0.863. The molecule has 22 heavy (non-hydrogen) atoms. The van der Waals surface area contributed by atoms with Gasteiger partial charge in [0, 0.05) is 21.3 Å². The molecule has 1 atom stereocenters. The van der Waals surface area contributed by atoms with Crippen molar-refractivity contribution in [1.29, 1.82) is 0 Å². The van der Waals surface area contributed by atoms with Crippen molar-refractivity contribution in [2.24, 2.45) is 0 Å². The predicted molar refractivity (Wildman–Crippen MR) is 80.0 cm³/mol. The number of ether oxygens (including phenoxy) is 2. The fourth-order valence-corrected chi connectivity index (χ4v) is 2.29. The SMILES string of the molecule is COC(=O)C(OC(=O)c1cn[nH]c1C)c1ccc(Cl)cc1Cl. The number of aromatic amines is 1. The molecule has 0 radical (unpaired) electrons. The number of carbonyl (C=O) groups is 2. The Labute approximate surface area is 136 Å². The maximum atomic E-state index is 12.1. The molecule has 1 aromatic carbocycles. The van der Waals surface area contributed by atoms with Gasteiger partial charge in [0.15, 0.2) is 0 Å². The Morgan fingerprint density at radius 2 is 2.05 bits per heavy atom. The van der Waals surface area contributed by atoms with Crippen LogP contribution in [0.25, 0.3) is 0 Å². The minimum Gasteiger partial charge on any atom is -0.466 e. The van der Waals surface area contributed by atoms with E-state index < -0.39 is 18.0 Å². The van der Waals surface area contributed by atoms with E-state index in [9.17, 15) is 9.59 Å². The van der Waals surface area contributed by atoms with Gasteiger partial charge < -0.3 is 9.47 Å². The third kappa shape index (κ3) is 3.40. The summed E-state index contributed by atoms with van der Waals surface area (Å²) in [5.41, 5.74) is 1.03. The zero-order valence-electron chi connectivity index (χ0n) is 11.7. The lowest BCUT2D eigenvalue weighted by atomic mass is 10.1. The number of H-pyrrole nitrogens is 1. The van der Waals surface area contributed by atoms with E-state index in [1.807, 2.05) is 0 Å². The average Bonchev–Trinajstić information content (AvgIpc) is 2.90. The number of nitrogens with one attached hydrogen (secondary N) is 1. The topological polar surface area (TPSA) is 81.3 Å². The summed E-state index contributed by atoms with van der Waals surface area (Å²) in [5.74, 6) is -1.47. The summed E-state index contributed by atoms with van der Waals surface area (Å²) in [6.07, 6.45) is 0.0201. The van der Waals surface area contributed by atoms with E-state index in [1.54, 1.807) is 6.92 Å². The van der Waals surface area contributed by atoms with Gasteiger partial charge in [-0.1, -0.05) is 29.3 Å². The van der Waals surface area contributed by atoms with Crippen LogP contribution in [-0.2, 0) is 14.3 Å². The predicted octanol–water partition coefficient (Wildman–Crippen LogP) is 3.10. The van der Waals surface area contributed by atoms with Crippen molar-refractivity contribution in [3.8, 4) is 0 Å². The summed E-state index contributed by atoms with van der Waals surface area (Å²) in [6, 6.07) is 4.49. The second-order valence-corrected chi connectivity index (χ2v) is 5.23. The molecule has 0 saturated carbocycles. The van der Waals surface area contributed by atoms with Crippen LogP contribution in [0.15, 0.2) is 24.4 Å². The van der Waals surface area contributed by atoms with E-state index in [2.05, 4.69) is 14.9 Å². The third-order valence-electron chi connectivity index (χ3n) is 2.93. The smallest absolute Gasteiger partial charge is 0.352 e. The van der Waals surface area contributed by atoms with Gasteiger partial charge in [-0.3, -0.25) is 5.10 Å². The monoisotopic (exact) mass is 342 g/mol. The number of rotatable bonds is 4. The zero-order valence-corrected chi connectivity index (χ0v) is 13.2. The first-order valence-electron chi connectivity index (χ1n) is 6.17. The highest BCUT2D eigenvalue weighted by Gasteiger charge is 2.29. The highest BCUT2D eigenvalue weighted by Crippen LogP contribution is 2.30. The molecule has 2 aromatic rings. The number of nitrogens with zero attached hydrogens (tertiary/aromatic N) is 1. The van der Waals surface area contributed by atoms with Crippen LogP contribution in [0.4, 0.5) is 0 Å².